The number of hydrogen-bond acceptors (Lipinski definition) is 4. The van der Waals surface area contributed by atoms with Crippen molar-refractivity contribution in [1.82, 2.24) is 15.3 Å². The summed E-state index contributed by atoms with van der Waals surface area (Å²) in [7, 11) is 2.02. The summed E-state index contributed by atoms with van der Waals surface area (Å²) >= 11 is 0. The van der Waals surface area contributed by atoms with Crippen molar-refractivity contribution in [1.29, 1.82) is 0 Å². The summed E-state index contributed by atoms with van der Waals surface area (Å²) in [6, 6.07) is 11.1. The summed E-state index contributed by atoms with van der Waals surface area (Å²) in [5, 5.41) is 3.47. The van der Waals surface area contributed by atoms with Crippen LogP contribution in [-0.2, 0) is 13.1 Å². The Morgan fingerprint density at radius 2 is 1.80 bits per heavy atom. The highest BCUT2D eigenvalue weighted by atomic mass is 15.2. The highest BCUT2D eigenvalue weighted by Gasteiger charge is 2.20. The van der Waals surface area contributed by atoms with Crippen LogP contribution in [0.15, 0.2) is 42.7 Å². The van der Waals surface area contributed by atoms with Crippen molar-refractivity contribution in [2.75, 3.05) is 11.9 Å². The van der Waals surface area contributed by atoms with Crippen molar-refractivity contribution in [2.45, 2.75) is 32.0 Å². The van der Waals surface area contributed by atoms with E-state index in [0.29, 0.717) is 0 Å². The van der Waals surface area contributed by atoms with E-state index in [9.17, 15) is 0 Å². The summed E-state index contributed by atoms with van der Waals surface area (Å²) in [6.07, 6.45) is 6.44. The van der Waals surface area contributed by atoms with E-state index in [2.05, 4.69) is 44.5 Å². The Kier molecular flexibility index (Phi) is 3.92. The Morgan fingerprint density at radius 1 is 1.10 bits per heavy atom. The molecule has 1 fully saturated rings. The van der Waals surface area contributed by atoms with E-state index in [1.54, 1.807) is 0 Å². The third-order valence-corrected chi connectivity index (χ3v) is 3.47. The molecule has 0 aliphatic heterocycles. The van der Waals surface area contributed by atoms with E-state index >= 15 is 0 Å². The van der Waals surface area contributed by atoms with Crippen LogP contribution < -0.4 is 10.2 Å². The minimum atomic E-state index is 0.718. The van der Waals surface area contributed by atoms with E-state index in [-0.39, 0.29) is 0 Å². The van der Waals surface area contributed by atoms with Crippen LogP contribution in [0.3, 0.4) is 0 Å². The lowest BCUT2D eigenvalue weighted by atomic mass is 10.2. The molecule has 104 valence electrons. The minimum Gasteiger partial charge on any atom is -0.340 e. The van der Waals surface area contributed by atoms with Gasteiger partial charge in [0.2, 0.25) is 5.95 Å². The van der Waals surface area contributed by atoms with Crippen LogP contribution >= 0.6 is 0 Å². The van der Waals surface area contributed by atoms with Crippen molar-refractivity contribution in [3.63, 3.8) is 0 Å². The molecule has 0 amide bonds. The van der Waals surface area contributed by atoms with E-state index in [4.69, 9.17) is 0 Å². The average molecular weight is 268 g/mol. The molecular formula is C16H20N4. The number of anilines is 1. The molecule has 0 bridgehead atoms. The number of nitrogens with zero attached hydrogens (tertiary/aromatic N) is 3. The largest absolute Gasteiger partial charge is 0.340 e. The Bertz CT molecular complexity index is 534. The number of rotatable bonds is 6. The summed E-state index contributed by atoms with van der Waals surface area (Å²) in [4.78, 5) is 11.0. The summed E-state index contributed by atoms with van der Waals surface area (Å²) in [6.45, 7) is 1.69. The van der Waals surface area contributed by atoms with Crippen molar-refractivity contribution in [2.24, 2.45) is 0 Å². The molecule has 1 aliphatic rings. The molecular weight excluding hydrogens is 248 g/mol. The molecule has 1 heterocycles. The van der Waals surface area contributed by atoms with Gasteiger partial charge in [0.1, 0.15) is 0 Å². The molecule has 0 spiro atoms. The van der Waals surface area contributed by atoms with E-state index < -0.39 is 0 Å². The maximum atomic E-state index is 4.45. The Hall–Kier alpha value is -1.94. The van der Waals surface area contributed by atoms with Crippen molar-refractivity contribution in [3.05, 3.63) is 53.9 Å². The van der Waals surface area contributed by atoms with Crippen LogP contribution in [0.5, 0.6) is 0 Å². The minimum absolute atomic E-state index is 0.718. The van der Waals surface area contributed by atoms with Crippen molar-refractivity contribution < 1.29 is 0 Å². The van der Waals surface area contributed by atoms with Gasteiger partial charge in [0.15, 0.2) is 0 Å². The van der Waals surface area contributed by atoms with E-state index in [0.717, 1.165) is 30.6 Å². The van der Waals surface area contributed by atoms with Crippen molar-refractivity contribution >= 4 is 5.95 Å². The second-order valence-electron chi connectivity index (χ2n) is 5.39. The molecule has 2 aromatic rings. The fourth-order valence-corrected chi connectivity index (χ4v) is 2.11. The zero-order valence-corrected chi connectivity index (χ0v) is 11.8. The lowest BCUT2D eigenvalue weighted by Gasteiger charge is -2.17. The van der Waals surface area contributed by atoms with Gasteiger partial charge >= 0.3 is 0 Å². The smallest absolute Gasteiger partial charge is 0.225 e. The fourth-order valence-electron chi connectivity index (χ4n) is 2.11. The zero-order valence-electron chi connectivity index (χ0n) is 11.8. The average Bonchev–Trinajstić information content (AvgIpc) is 3.31. The van der Waals surface area contributed by atoms with Gasteiger partial charge in [0.05, 0.1) is 0 Å². The van der Waals surface area contributed by atoms with Gasteiger partial charge in [0.25, 0.3) is 0 Å². The SMILES string of the molecule is CN(Cc1ccccc1)c1ncc(CNC2CC2)cn1. The van der Waals surface area contributed by atoms with Gasteiger partial charge in [-0.1, -0.05) is 30.3 Å². The fraction of sp³-hybridized carbons (Fsp3) is 0.375. The van der Waals surface area contributed by atoms with Crippen LogP contribution in [0.2, 0.25) is 0 Å². The second kappa shape index (κ2) is 6.01. The van der Waals surface area contributed by atoms with Crippen LogP contribution in [0, 0.1) is 0 Å². The monoisotopic (exact) mass is 268 g/mol. The first-order valence-electron chi connectivity index (χ1n) is 7.10. The quantitative estimate of drug-likeness (QED) is 0.873. The van der Waals surface area contributed by atoms with E-state index in [1.807, 2.05) is 25.5 Å². The number of benzene rings is 1. The number of hydrogen-bond donors (Lipinski definition) is 1. The predicted octanol–water partition coefficient (Wildman–Crippen LogP) is 2.37. The molecule has 0 atom stereocenters. The molecule has 0 saturated heterocycles. The van der Waals surface area contributed by atoms with Gasteiger partial charge in [0, 0.05) is 44.1 Å². The molecule has 1 aromatic carbocycles. The summed E-state index contributed by atoms with van der Waals surface area (Å²) in [5.74, 6) is 0.768. The molecule has 3 rings (SSSR count). The van der Waals surface area contributed by atoms with Crippen molar-refractivity contribution in [3.8, 4) is 0 Å². The molecule has 0 radical (unpaired) electrons. The van der Waals surface area contributed by atoms with Crippen LogP contribution in [0.1, 0.15) is 24.0 Å². The number of aromatic nitrogens is 2. The second-order valence-corrected chi connectivity index (χ2v) is 5.39. The summed E-state index contributed by atoms with van der Waals surface area (Å²) < 4.78 is 0. The predicted molar refractivity (Wildman–Crippen MR) is 80.4 cm³/mol. The molecule has 0 unspecified atom stereocenters. The summed E-state index contributed by atoms with van der Waals surface area (Å²) in [5.41, 5.74) is 2.41. The topological polar surface area (TPSA) is 41.1 Å². The lowest BCUT2D eigenvalue weighted by Crippen LogP contribution is -2.20. The zero-order chi connectivity index (χ0) is 13.8. The van der Waals surface area contributed by atoms with Crippen LogP contribution in [-0.4, -0.2) is 23.1 Å². The molecule has 1 N–H and O–H groups in total. The van der Waals surface area contributed by atoms with Gasteiger partial charge in [-0.25, -0.2) is 9.97 Å². The lowest BCUT2D eigenvalue weighted by molar-refractivity contribution is 0.682. The molecule has 1 aliphatic carbocycles. The molecule has 1 saturated carbocycles. The van der Waals surface area contributed by atoms with Gasteiger partial charge in [-0.05, 0) is 18.4 Å². The first-order chi connectivity index (χ1) is 9.81. The number of nitrogens with one attached hydrogen (secondary N) is 1. The first kappa shape index (κ1) is 13.1. The van der Waals surface area contributed by atoms with Gasteiger partial charge in [-0.15, -0.1) is 0 Å². The maximum absolute atomic E-state index is 4.45. The van der Waals surface area contributed by atoms with Crippen LogP contribution in [0.4, 0.5) is 5.95 Å². The standard InChI is InChI=1S/C16H20N4/c1-20(12-13-5-3-2-4-6-13)16-18-10-14(11-19-16)9-17-15-7-8-15/h2-6,10-11,15,17H,7-9,12H2,1H3. The molecule has 4 nitrogen and oxygen atoms in total. The molecule has 20 heavy (non-hydrogen) atoms. The molecule has 4 heteroatoms. The maximum Gasteiger partial charge on any atom is 0.225 e. The van der Waals surface area contributed by atoms with Gasteiger partial charge in [-0.2, -0.15) is 0 Å². The first-order valence-corrected chi connectivity index (χ1v) is 7.10. The highest BCUT2D eigenvalue weighted by Crippen LogP contribution is 2.19. The van der Waals surface area contributed by atoms with E-state index in [1.165, 1.54) is 18.4 Å². The molecule has 1 aromatic heterocycles. The van der Waals surface area contributed by atoms with Gasteiger partial charge < -0.3 is 10.2 Å². The van der Waals surface area contributed by atoms with Crippen LogP contribution in [0.25, 0.3) is 0 Å². The Morgan fingerprint density at radius 3 is 2.45 bits per heavy atom. The normalized spacial score (nSPS) is 14.2. The third-order valence-electron chi connectivity index (χ3n) is 3.47. The van der Waals surface area contributed by atoms with Gasteiger partial charge in [-0.3, -0.25) is 0 Å². The Labute approximate surface area is 119 Å². The highest BCUT2D eigenvalue weighted by molar-refractivity contribution is 5.31. The Balaban J connectivity index is 1.58. The third kappa shape index (κ3) is 3.54.